The zero-order valence-electron chi connectivity index (χ0n) is 14.7. The summed E-state index contributed by atoms with van der Waals surface area (Å²) in [5, 5.41) is 0. The standard InChI is InChI=1S/C19H25N3O3/c1-25-18(24)14-3-6-16(20-11-14)21-10-2-8-19(12-21)9-7-17(23)22(13-19)15-4-5-15/h3,6,11,15H,2,4-5,7-10,12-13H2,1H3. The van der Waals surface area contributed by atoms with Gasteiger partial charge in [0.05, 0.1) is 12.7 Å². The van der Waals surface area contributed by atoms with Gasteiger partial charge in [0.1, 0.15) is 5.82 Å². The van der Waals surface area contributed by atoms with E-state index in [0.29, 0.717) is 23.9 Å². The van der Waals surface area contributed by atoms with Crippen molar-refractivity contribution in [3.05, 3.63) is 23.9 Å². The number of hydrogen-bond acceptors (Lipinski definition) is 5. The molecule has 1 atom stereocenters. The third-order valence-corrected chi connectivity index (χ3v) is 5.84. The summed E-state index contributed by atoms with van der Waals surface area (Å²) in [5.74, 6) is 0.882. The van der Waals surface area contributed by atoms with Crippen LogP contribution in [0.15, 0.2) is 18.3 Å². The Morgan fingerprint density at radius 2 is 2.12 bits per heavy atom. The van der Waals surface area contributed by atoms with Crippen LogP contribution in [0.4, 0.5) is 5.82 Å². The number of anilines is 1. The highest BCUT2D eigenvalue weighted by Gasteiger charge is 2.45. The molecule has 0 aromatic carbocycles. The first-order valence-electron chi connectivity index (χ1n) is 9.19. The molecule has 1 aromatic heterocycles. The number of nitrogens with zero attached hydrogens (tertiary/aromatic N) is 3. The molecule has 3 heterocycles. The van der Waals surface area contributed by atoms with Gasteiger partial charge in [-0.2, -0.15) is 0 Å². The topological polar surface area (TPSA) is 62.7 Å². The molecule has 2 saturated heterocycles. The van der Waals surface area contributed by atoms with Crippen molar-refractivity contribution in [1.82, 2.24) is 9.88 Å². The Labute approximate surface area is 148 Å². The predicted octanol–water partition coefficient (Wildman–Crippen LogP) is 2.24. The van der Waals surface area contributed by atoms with Crippen molar-refractivity contribution in [2.75, 3.05) is 31.6 Å². The maximum absolute atomic E-state index is 12.2. The first kappa shape index (κ1) is 16.4. The molecule has 1 amide bonds. The second-order valence-corrected chi connectivity index (χ2v) is 7.67. The van der Waals surface area contributed by atoms with Crippen LogP contribution in [0.25, 0.3) is 0 Å². The van der Waals surface area contributed by atoms with Crippen molar-refractivity contribution in [1.29, 1.82) is 0 Å². The molecule has 134 valence electrons. The molecular formula is C19H25N3O3. The number of likely N-dealkylation sites (tertiary alicyclic amines) is 1. The van der Waals surface area contributed by atoms with Gasteiger partial charge in [-0.1, -0.05) is 0 Å². The molecule has 0 radical (unpaired) electrons. The van der Waals surface area contributed by atoms with E-state index in [1.807, 2.05) is 6.07 Å². The highest BCUT2D eigenvalue weighted by Crippen LogP contribution is 2.43. The van der Waals surface area contributed by atoms with Gasteiger partial charge in [-0.05, 0) is 44.2 Å². The third-order valence-electron chi connectivity index (χ3n) is 5.84. The van der Waals surface area contributed by atoms with E-state index in [9.17, 15) is 9.59 Å². The van der Waals surface area contributed by atoms with Crippen LogP contribution >= 0.6 is 0 Å². The number of carbonyl (C=O) groups excluding carboxylic acids is 2. The van der Waals surface area contributed by atoms with Crippen LogP contribution in [0, 0.1) is 5.41 Å². The molecule has 1 spiro atoms. The second kappa shape index (κ2) is 6.32. The molecule has 6 heteroatoms. The quantitative estimate of drug-likeness (QED) is 0.788. The number of piperidine rings is 2. The fourth-order valence-electron chi connectivity index (χ4n) is 4.31. The van der Waals surface area contributed by atoms with E-state index in [4.69, 9.17) is 4.74 Å². The van der Waals surface area contributed by atoms with Crippen LogP contribution in [0.5, 0.6) is 0 Å². The first-order valence-corrected chi connectivity index (χ1v) is 9.19. The van der Waals surface area contributed by atoms with Gasteiger partial charge in [-0.3, -0.25) is 4.79 Å². The minimum atomic E-state index is -0.361. The summed E-state index contributed by atoms with van der Waals surface area (Å²) in [6.45, 7) is 2.81. The normalized spacial score (nSPS) is 26.8. The van der Waals surface area contributed by atoms with Crippen LogP contribution < -0.4 is 4.90 Å². The van der Waals surface area contributed by atoms with E-state index in [-0.39, 0.29) is 11.4 Å². The van der Waals surface area contributed by atoms with Gasteiger partial charge in [0.25, 0.3) is 0 Å². The molecule has 1 aromatic rings. The molecule has 3 fully saturated rings. The Bertz CT molecular complexity index is 671. The third kappa shape index (κ3) is 3.22. The Balaban J connectivity index is 1.49. The number of hydrogen-bond donors (Lipinski definition) is 0. The maximum atomic E-state index is 12.2. The van der Waals surface area contributed by atoms with Crippen molar-refractivity contribution in [3.63, 3.8) is 0 Å². The lowest BCUT2D eigenvalue weighted by Crippen LogP contribution is -2.54. The monoisotopic (exact) mass is 343 g/mol. The lowest BCUT2D eigenvalue weighted by Gasteiger charge is -2.48. The van der Waals surface area contributed by atoms with E-state index in [1.165, 1.54) is 26.4 Å². The number of carbonyl (C=O) groups is 2. The smallest absolute Gasteiger partial charge is 0.339 e. The van der Waals surface area contributed by atoms with Gasteiger partial charge < -0.3 is 14.5 Å². The van der Waals surface area contributed by atoms with Crippen LogP contribution in [-0.2, 0) is 9.53 Å². The molecule has 0 bridgehead atoms. The van der Waals surface area contributed by atoms with Crippen molar-refractivity contribution in [2.24, 2.45) is 5.41 Å². The predicted molar refractivity (Wildman–Crippen MR) is 93.4 cm³/mol. The summed E-state index contributed by atoms with van der Waals surface area (Å²) in [5.41, 5.74) is 0.665. The zero-order chi connectivity index (χ0) is 17.4. The first-order chi connectivity index (χ1) is 12.1. The molecule has 2 aliphatic heterocycles. The number of amides is 1. The summed E-state index contributed by atoms with van der Waals surface area (Å²) < 4.78 is 4.73. The molecule has 3 aliphatic rings. The van der Waals surface area contributed by atoms with Gasteiger partial charge in [-0.25, -0.2) is 9.78 Å². The van der Waals surface area contributed by atoms with Crippen molar-refractivity contribution < 1.29 is 14.3 Å². The molecule has 1 unspecified atom stereocenters. The molecule has 0 N–H and O–H groups in total. The number of rotatable bonds is 3. The number of pyridine rings is 1. The minimum absolute atomic E-state index is 0.192. The van der Waals surface area contributed by atoms with Crippen LogP contribution in [-0.4, -0.2) is 54.5 Å². The van der Waals surface area contributed by atoms with Crippen LogP contribution in [0.2, 0.25) is 0 Å². The summed E-state index contributed by atoms with van der Waals surface area (Å²) in [7, 11) is 1.38. The summed E-state index contributed by atoms with van der Waals surface area (Å²) in [6, 6.07) is 4.17. The highest BCUT2D eigenvalue weighted by atomic mass is 16.5. The van der Waals surface area contributed by atoms with E-state index in [1.54, 1.807) is 12.3 Å². The van der Waals surface area contributed by atoms with E-state index in [0.717, 1.165) is 38.3 Å². The van der Waals surface area contributed by atoms with Gasteiger partial charge >= 0.3 is 5.97 Å². The fraction of sp³-hybridized carbons (Fsp3) is 0.632. The Kier molecular flexibility index (Phi) is 4.13. The average Bonchev–Trinajstić information content (AvgIpc) is 3.49. The molecule has 1 aliphatic carbocycles. The molecule has 1 saturated carbocycles. The van der Waals surface area contributed by atoms with E-state index in [2.05, 4.69) is 14.8 Å². The van der Waals surface area contributed by atoms with E-state index < -0.39 is 0 Å². The fourth-order valence-corrected chi connectivity index (χ4v) is 4.31. The minimum Gasteiger partial charge on any atom is -0.465 e. The summed E-state index contributed by atoms with van der Waals surface area (Å²) in [4.78, 5) is 32.7. The maximum Gasteiger partial charge on any atom is 0.339 e. The van der Waals surface area contributed by atoms with Crippen molar-refractivity contribution >= 4 is 17.7 Å². The average molecular weight is 343 g/mol. The van der Waals surface area contributed by atoms with Crippen molar-refractivity contribution in [3.8, 4) is 0 Å². The Morgan fingerprint density at radius 3 is 2.80 bits per heavy atom. The van der Waals surface area contributed by atoms with Gasteiger partial charge in [0.15, 0.2) is 0 Å². The molecule has 4 rings (SSSR count). The van der Waals surface area contributed by atoms with Crippen LogP contribution in [0.1, 0.15) is 48.9 Å². The highest BCUT2D eigenvalue weighted by molar-refractivity contribution is 5.89. The van der Waals surface area contributed by atoms with Gasteiger partial charge in [-0.15, -0.1) is 0 Å². The zero-order valence-corrected chi connectivity index (χ0v) is 14.7. The summed E-state index contributed by atoms with van der Waals surface area (Å²) in [6.07, 6.45) is 7.88. The second-order valence-electron chi connectivity index (χ2n) is 7.67. The van der Waals surface area contributed by atoms with Gasteiger partial charge in [0, 0.05) is 43.7 Å². The van der Waals surface area contributed by atoms with Crippen molar-refractivity contribution in [2.45, 2.75) is 44.6 Å². The molecular weight excluding hydrogens is 318 g/mol. The molecule has 6 nitrogen and oxygen atoms in total. The Hall–Kier alpha value is -2.11. The van der Waals surface area contributed by atoms with Gasteiger partial charge in [0.2, 0.25) is 5.91 Å². The van der Waals surface area contributed by atoms with E-state index >= 15 is 0 Å². The lowest BCUT2D eigenvalue weighted by atomic mass is 9.73. The number of aromatic nitrogens is 1. The lowest BCUT2D eigenvalue weighted by molar-refractivity contribution is -0.138. The van der Waals surface area contributed by atoms with Crippen LogP contribution in [0.3, 0.4) is 0 Å². The summed E-state index contributed by atoms with van der Waals surface area (Å²) >= 11 is 0. The Morgan fingerprint density at radius 1 is 1.28 bits per heavy atom. The number of esters is 1. The number of ether oxygens (including phenoxy) is 1. The largest absolute Gasteiger partial charge is 0.465 e. The SMILES string of the molecule is COC(=O)c1ccc(N2CCCC3(CCC(=O)N(C4CC4)C3)C2)nc1. The number of methoxy groups -OCH3 is 1. The molecule has 25 heavy (non-hydrogen) atoms.